The molecule has 0 aromatic heterocycles. The second-order valence-corrected chi connectivity index (χ2v) is 8.54. The summed E-state index contributed by atoms with van der Waals surface area (Å²) >= 11 is 0. The zero-order valence-corrected chi connectivity index (χ0v) is 12.4. The van der Waals surface area contributed by atoms with Crippen LogP contribution in [0.5, 0.6) is 0 Å². The first-order chi connectivity index (χ1) is 8.72. The molecule has 2 nitrogen and oxygen atoms in total. The van der Waals surface area contributed by atoms with Crippen LogP contribution in [0.3, 0.4) is 0 Å². The fraction of sp³-hybridized carbons (Fsp3) is 0. The molecule has 0 atom stereocenters. The van der Waals surface area contributed by atoms with E-state index in [-0.39, 0.29) is 0 Å². The Morgan fingerprint density at radius 1 is 0.556 bits per heavy atom. The third-order valence-corrected chi connectivity index (χ3v) is 7.70. The summed E-state index contributed by atoms with van der Waals surface area (Å²) in [4.78, 5) is 0. The van der Waals surface area contributed by atoms with E-state index in [4.69, 9.17) is 11.5 Å². The van der Waals surface area contributed by atoms with Crippen molar-refractivity contribution in [2.75, 3.05) is 11.5 Å². The van der Waals surface area contributed by atoms with Gasteiger partial charge in [-0.3, -0.25) is 0 Å². The lowest BCUT2D eigenvalue weighted by molar-refractivity contribution is 1.79. The van der Waals surface area contributed by atoms with Gasteiger partial charge in [0.1, 0.15) is 0 Å². The van der Waals surface area contributed by atoms with Gasteiger partial charge in [0.2, 0.25) is 0 Å². The second-order valence-electron chi connectivity index (χ2n) is 4.12. The van der Waals surface area contributed by atoms with Crippen molar-refractivity contribution >= 4 is 71.5 Å². The molecule has 0 unspecified atom stereocenters. The summed E-state index contributed by atoms with van der Waals surface area (Å²) < 4.78 is 5.06. The Hall–Kier alpha value is -1.08. The van der Waals surface area contributed by atoms with Crippen LogP contribution in [0.2, 0.25) is 0 Å². The maximum Gasteiger partial charge on any atom is 0.0491 e. The van der Waals surface area contributed by atoms with Crippen molar-refractivity contribution < 1.29 is 0 Å². The minimum Gasteiger partial charge on any atom is -0.399 e. The van der Waals surface area contributed by atoms with Gasteiger partial charge in [-0.15, -0.1) is 0 Å². The molecule has 90 valence electrons. The van der Waals surface area contributed by atoms with Crippen LogP contribution in [-0.4, -0.2) is 0 Å². The van der Waals surface area contributed by atoms with E-state index in [1.54, 1.807) is 41.4 Å². The first-order valence-electron chi connectivity index (χ1n) is 5.29. The van der Waals surface area contributed by atoms with Crippen LogP contribution >= 0.6 is 41.4 Å². The predicted octanol–water partition coefficient (Wildman–Crippen LogP) is 5.07. The standard InChI is InChI=1S/C12H8N2S4/c13-5-1-7-11-8(2-5)17-18-10-4-6(14)3-9(12(10)11)16-15-7/h1-4H,13-14H2. The Morgan fingerprint density at radius 3 is 1.11 bits per heavy atom. The van der Waals surface area contributed by atoms with E-state index in [0.717, 1.165) is 11.4 Å². The predicted molar refractivity (Wildman–Crippen MR) is 87.2 cm³/mol. The van der Waals surface area contributed by atoms with Gasteiger partial charge in [-0.1, -0.05) is 41.4 Å². The molecule has 2 aliphatic rings. The van der Waals surface area contributed by atoms with Crippen molar-refractivity contribution in [3.8, 4) is 11.1 Å². The second kappa shape index (κ2) is 3.71. The fourth-order valence-electron chi connectivity index (χ4n) is 2.16. The number of nitrogen functional groups attached to an aromatic ring is 2. The maximum atomic E-state index is 5.96. The lowest BCUT2D eigenvalue weighted by Gasteiger charge is -2.14. The third kappa shape index (κ3) is 1.43. The summed E-state index contributed by atoms with van der Waals surface area (Å²) in [5.41, 5.74) is 16.3. The Bertz CT molecular complexity index is 726. The van der Waals surface area contributed by atoms with E-state index in [9.17, 15) is 0 Å². The first-order valence-corrected chi connectivity index (χ1v) is 9.59. The molecule has 0 spiro atoms. The Balaban J connectivity index is 2.34. The average molecular weight is 308 g/mol. The molecule has 0 radical (unpaired) electrons. The Morgan fingerprint density at radius 2 is 0.833 bits per heavy atom. The number of nitrogens with two attached hydrogens (primary N) is 2. The summed E-state index contributed by atoms with van der Waals surface area (Å²) in [7, 11) is 7.08. The van der Waals surface area contributed by atoms with Gasteiger partial charge in [0.05, 0.1) is 0 Å². The van der Waals surface area contributed by atoms with Gasteiger partial charge in [0.15, 0.2) is 0 Å². The topological polar surface area (TPSA) is 52.0 Å². The molecule has 0 amide bonds. The lowest BCUT2D eigenvalue weighted by atomic mass is 10.0. The van der Waals surface area contributed by atoms with Crippen LogP contribution in [0.1, 0.15) is 0 Å². The lowest BCUT2D eigenvalue weighted by Crippen LogP contribution is -1.90. The van der Waals surface area contributed by atoms with E-state index in [1.165, 1.54) is 29.9 Å². The highest BCUT2D eigenvalue weighted by atomic mass is 32.9. The van der Waals surface area contributed by atoms with Crippen LogP contribution in [0, 0.1) is 0 Å². The molecular formula is C12H8N2S4. The minimum atomic E-state index is 0.840. The molecular weight excluding hydrogens is 300 g/mol. The van der Waals surface area contributed by atoms with Crippen LogP contribution in [-0.2, 0) is 0 Å². The van der Waals surface area contributed by atoms with Gasteiger partial charge in [-0.05, 0) is 24.3 Å². The Labute approximate surface area is 118 Å². The van der Waals surface area contributed by atoms with Gasteiger partial charge in [0.25, 0.3) is 0 Å². The monoisotopic (exact) mass is 308 g/mol. The smallest absolute Gasteiger partial charge is 0.0491 e. The van der Waals surface area contributed by atoms with Crippen molar-refractivity contribution in [1.29, 1.82) is 0 Å². The molecule has 2 aromatic carbocycles. The van der Waals surface area contributed by atoms with Crippen LogP contribution in [0.25, 0.3) is 29.9 Å². The largest absolute Gasteiger partial charge is 0.399 e. The van der Waals surface area contributed by atoms with E-state index in [0.29, 0.717) is 0 Å². The molecule has 2 aliphatic heterocycles. The molecule has 2 heterocycles. The minimum absolute atomic E-state index is 0.840. The van der Waals surface area contributed by atoms with Crippen molar-refractivity contribution in [3.05, 3.63) is 24.3 Å². The van der Waals surface area contributed by atoms with E-state index in [1.807, 2.05) is 0 Å². The fourth-order valence-corrected chi connectivity index (χ4v) is 7.22. The molecule has 4 rings (SSSR count). The van der Waals surface area contributed by atoms with Crippen molar-refractivity contribution in [3.63, 3.8) is 0 Å². The molecule has 18 heavy (non-hydrogen) atoms. The summed E-state index contributed by atoms with van der Waals surface area (Å²) in [6.45, 7) is 0. The molecule has 0 bridgehead atoms. The highest BCUT2D eigenvalue weighted by Gasteiger charge is 2.17. The normalized spacial score (nSPS) is 11.8. The number of hydrogen-bond donors (Lipinski definition) is 2. The summed E-state index contributed by atoms with van der Waals surface area (Å²) in [5, 5.41) is 0. The summed E-state index contributed by atoms with van der Waals surface area (Å²) in [5.74, 6) is 0. The first kappa shape index (κ1) is 10.8. The van der Waals surface area contributed by atoms with Crippen LogP contribution in [0.4, 0.5) is 11.4 Å². The number of hydrogen-bond acceptors (Lipinski definition) is 6. The quantitative estimate of drug-likeness (QED) is 0.271. The molecule has 0 fully saturated rings. The number of benzene rings is 2. The Kier molecular flexibility index (Phi) is 2.23. The zero-order valence-electron chi connectivity index (χ0n) is 9.10. The zero-order chi connectivity index (χ0) is 12.3. The van der Waals surface area contributed by atoms with Crippen molar-refractivity contribution in [1.82, 2.24) is 0 Å². The maximum absolute atomic E-state index is 5.96. The van der Waals surface area contributed by atoms with E-state index < -0.39 is 0 Å². The third-order valence-electron chi connectivity index (χ3n) is 2.87. The number of anilines is 2. The highest BCUT2D eigenvalue weighted by Crippen LogP contribution is 2.49. The van der Waals surface area contributed by atoms with Gasteiger partial charge < -0.3 is 11.5 Å². The molecule has 0 saturated carbocycles. The molecule has 0 saturated heterocycles. The molecule has 0 aliphatic carbocycles. The molecule has 2 aromatic rings. The van der Waals surface area contributed by atoms with Crippen molar-refractivity contribution in [2.24, 2.45) is 0 Å². The van der Waals surface area contributed by atoms with E-state index >= 15 is 0 Å². The summed E-state index contributed by atoms with van der Waals surface area (Å²) in [6, 6.07) is 8.26. The van der Waals surface area contributed by atoms with Gasteiger partial charge >= 0.3 is 0 Å². The summed E-state index contributed by atoms with van der Waals surface area (Å²) in [6.07, 6.45) is 0. The molecule has 6 heteroatoms. The highest BCUT2D eigenvalue weighted by molar-refractivity contribution is 7.75. The molecule has 4 N–H and O–H groups in total. The van der Waals surface area contributed by atoms with E-state index in [2.05, 4.69) is 24.3 Å². The van der Waals surface area contributed by atoms with Gasteiger partial charge in [-0.25, -0.2) is 0 Å². The van der Waals surface area contributed by atoms with Crippen LogP contribution in [0.15, 0.2) is 24.3 Å². The van der Waals surface area contributed by atoms with Crippen LogP contribution < -0.4 is 11.5 Å². The SMILES string of the molecule is Nc1cc2ssc3cc(N)cc4ssc(c1)c2-c34. The average Bonchev–Trinajstić information content (AvgIpc) is 2.34. The van der Waals surface area contributed by atoms with Gasteiger partial charge in [0, 0.05) is 41.3 Å². The van der Waals surface area contributed by atoms with Crippen molar-refractivity contribution in [2.45, 2.75) is 0 Å². The van der Waals surface area contributed by atoms with Gasteiger partial charge in [-0.2, -0.15) is 0 Å². The number of rotatable bonds is 0.